The molecule has 3 atom stereocenters. The van der Waals surface area contributed by atoms with Crippen molar-refractivity contribution in [2.24, 2.45) is 5.73 Å². The van der Waals surface area contributed by atoms with Crippen molar-refractivity contribution in [1.82, 2.24) is 0 Å². The van der Waals surface area contributed by atoms with Gasteiger partial charge in [-0.2, -0.15) is 0 Å². The molecule has 0 saturated heterocycles. The van der Waals surface area contributed by atoms with E-state index in [0.29, 0.717) is 12.8 Å². The van der Waals surface area contributed by atoms with E-state index in [1.807, 2.05) is 12.2 Å². The Morgan fingerprint density at radius 3 is 1.38 bits per heavy atom. The maximum absolute atomic E-state index is 12.7. The predicted octanol–water partition coefficient (Wildman–Crippen LogP) is 13.8. The molecule has 0 heterocycles. The molecule has 0 radical (unpaired) electrons. The lowest BCUT2D eigenvalue weighted by molar-refractivity contribution is -0.161. The number of carbonyl (C=O) groups excluding carboxylic acids is 2. The van der Waals surface area contributed by atoms with Crippen molar-refractivity contribution in [2.75, 3.05) is 19.8 Å². The lowest BCUT2D eigenvalue weighted by Crippen LogP contribution is -2.34. The summed E-state index contributed by atoms with van der Waals surface area (Å²) in [5.41, 5.74) is 5.34. The average molecular weight is 918 g/mol. The normalized spacial score (nSPS) is 14.3. The van der Waals surface area contributed by atoms with Crippen LogP contribution in [0.25, 0.3) is 0 Å². The standard InChI is InChI=1S/C52H88NO10P/c1-3-5-7-9-11-13-15-17-19-21-23-24-26-28-30-32-34-36-38-40-42-44-51(55)63-48(46-61-64(58,59)62-47-49(53)52(56)57)45-60-50(54)43-41-39-37-35-33-31-29-27-25-22-20-18-16-14-12-10-8-6-4-2/h6,8,12,14,17-20,25,27,31,33,37,39,48-49H,3-5,7,9-11,13,15-16,21-24,26,28-30,32,34-36,38,40-47,53H2,1-2H3,(H,56,57)(H,58,59)/b8-6+,14-12+,19-17+,20-18+,27-25+,33-31+,39-37+/t48-,49+/m1/s1. The number of carboxylic acids is 1. The summed E-state index contributed by atoms with van der Waals surface area (Å²) in [5, 5.41) is 8.91. The zero-order chi connectivity index (χ0) is 47.0. The van der Waals surface area contributed by atoms with E-state index in [2.05, 4.69) is 91.3 Å². The van der Waals surface area contributed by atoms with Crippen LogP contribution in [0.2, 0.25) is 0 Å². The van der Waals surface area contributed by atoms with Gasteiger partial charge in [-0.05, 0) is 77.0 Å². The van der Waals surface area contributed by atoms with Gasteiger partial charge in [0.15, 0.2) is 6.10 Å². The number of esters is 2. The maximum Gasteiger partial charge on any atom is 0.472 e. The van der Waals surface area contributed by atoms with Crippen LogP contribution in [0.4, 0.5) is 0 Å². The molecule has 11 nitrogen and oxygen atoms in total. The zero-order valence-electron chi connectivity index (χ0n) is 39.8. The number of allylic oxidation sites excluding steroid dienone is 14. The van der Waals surface area contributed by atoms with Crippen molar-refractivity contribution >= 4 is 25.7 Å². The molecule has 0 aromatic heterocycles. The minimum Gasteiger partial charge on any atom is -0.480 e. The Morgan fingerprint density at radius 2 is 0.906 bits per heavy atom. The third kappa shape index (κ3) is 45.2. The second kappa shape index (κ2) is 46.2. The third-order valence-corrected chi connectivity index (χ3v) is 11.1. The number of phosphoric ester groups is 1. The minimum absolute atomic E-state index is 0.0929. The highest BCUT2D eigenvalue weighted by Gasteiger charge is 2.28. The fourth-order valence-electron chi connectivity index (χ4n) is 6.32. The number of rotatable bonds is 45. The average Bonchev–Trinajstić information content (AvgIpc) is 3.27. The Kier molecular flexibility index (Phi) is 43.8. The summed E-state index contributed by atoms with van der Waals surface area (Å²) >= 11 is 0. The number of aliphatic carboxylic acids is 1. The first-order chi connectivity index (χ1) is 31.1. The van der Waals surface area contributed by atoms with Crippen molar-refractivity contribution in [3.05, 3.63) is 85.1 Å². The summed E-state index contributed by atoms with van der Waals surface area (Å²) in [6.07, 6.45) is 58.0. The fourth-order valence-corrected chi connectivity index (χ4v) is 7.10. The van der Waals surface area contributed by atoms with Crippen LogP contribution in [0.15, 0.2) is 85.1 Å². The number of ether oxygens (including phenoxy) is 2. The quantitative estimate of drug-likeness (QED) is 0.0230. The van der Waals surface area contributed by atoms with Crippen LogP contribution in [0, 0.1) is 0 Å². The first-order valence-corrected chi connectivity index (χ1v) is 26.1. The first-order valence-electron chi connectivity index (χ1n) is 24.6. The molecule has 4 N–H and O–H groups in total. The van der Waals surface area contributed by atoms with E-state index in [-0.39, 0.29) is 19.4 Å². The molecule has 64 heavy (non-hydrogen) atoms. The molecule has 0 spiro atoms. The zero-order valence-corrected chi connectivity index (χ0v) is 40.7. The number of hydrogen-bond donors (Lipinski definition) is 3. The molecule has 0 aliphatic carbocycles. The Bertz CT molecular complexity index is 1400. The van der Waals surface area contributed by atoms with Gasteiger partial charge < -0.3 is 25.2 Å². The van der Waals surface area contributed by atoms with Crippen LogP contribution in [-0.4, -0.2) is 59.9 Å². The van der Waals surface area contributed by atoms with Gasteiger partial charge in [0.25, 0.3) is 0 Å². The lowest BCUT2D eigenvalue weighted by atomic mass is 10.0. The van der Waals surface area contributed by atoms with Gasteiger partial charge in [-0.15, -0.1) is 0 Å². The molecule has 0 amide bonds. The van der Waals surface area contributed by atoms with Crippen molar-refractivity contribution in [2.45, 2.75) is 206 Å². The largest absolute Gasteiger partial charge is 0.480 e. The van der Waals surface area contributed by atoms with Gasteiger partial charge in [0.05, 0.1) is 13.2 Å². The number of carboxylic acid groups (broad SMARTS) is 1. The molecule has 0 saturated carbocycles. The number of unbranched alkanes of at least 4 members (excludes halogenated alkanes) is 17. The Balaban J connectivity index is 4.39. The van der Waals surface area contributed by atoms with Crippen LogP contribution < -0.4 is 5.73 Å². The van der Waals surface area contributed by atoms with E-state index >= 15 is 0 Å². The molecule has 1 unspecified atom stereocenters. The van der Waals surface area contributed by atoms with Gasteiger partial charge in [-0.1, -0.05) is 189 Å². The Morgan fingerprint density at radius 1 is 0.500 bits per heavy atom. The summed E-state index contributed by atoms with van der Waals surface area (Å²) < 4.78 is 32.7. The van der Waals surface area contributed by atoms with E-state index < -0.39 is 51.1 Å². The van der Waals surface area contributed by atoms with Gasteiger partial charge >= 0.3 is 25.7 Å². The van der Waals surface area contributed by atoms with Gasteiger partial charge in [0.2, 0.25) is 0 Å². The molecule has 0 aliphatic heterocycles. The number of hydrogen-bond acceptors (Lipinski definition) is 9. The van der Waals surface area contributed by atoms with Crippen LogP contribution in [0.5, 0.6) is 0 Å². The van der Waals surface area contributed by atoms with Crippen LogP contribution in [0.3, 0.4) is 0 Å². The second-order valence-electron chi connectivity index (χ2n) is 16.2. The smallest absolute Gasteiger partial charge is 0.472 e. The summed E-state index contributed by atoms with van der Waals surface area (Å²) in [4.78, 5) is 46.1. The molecule has 0 aromatic carbocycles. The second-order valence-corrected chi connectivity index (χ2v) is 17.7. The summed E-state index contributed by atoms with van der Waals surface area (Å²) in [6, 6.07) is -1.54. The number of phosphoric acid groups is 1. The Hall–Kier alpha value is -3.34. The Labute approximate surface area is 388 Å². The molecular formula is C52H88NO10P. The number of nitrogens with two attached hydrogens (primary N) is 1. The van der Waals surface area contributed by atoms with E-state index in [4.69, 9.17) is 24.8 Å². The fraction of sp³-hybridized carbons (Fsp3) is 0.673. The van der Waals surface area contributed by atoms with Gasteiger partial charge in [-0.25, -0.2) is 4.57 Å². The van der Waals surface area contributed by atoms with E-state index in [9.17, 15) is 23.8 Å². The first kappa shape index (κ1) is 60.7. The van der Waals surface area contributed by atoms with Gasteiger partial charge in [0, 0.05) is 12.8 Å². The maximum atomic E-state index is 12.7. The predicted molar refractivity (Wildman–Crippen MR) is 263 cm³/mol. The van der Waals surface area contributed by atoms with Crippen LogP contribution in [0.1, 0.15) is 194 Å². The van der Waals surface area contributed by atoms with Crippen molar-refractivity contribution in [3.63, 3.8) is 0 Å². The molecule has 0 rings (SSSR count). The molecular weight excluding hydrogens is 830 g/mol. The van der Waals surface area contributed by atoms with E-state index in [1.165, 1.54) is 96.3 Å². The summed E-state index contributed by atoms with van der Waals surface area (Å²) in [6.45, 7) is 2.62. The highest BCUT2D eigenvalue weighted by Crippen LogP contribution is 2.43. The highest BCUT2D eigenvalue weighted by molar-refractivity contribution is 7.47. The number of carbonyl (C=O) groups is 3. The molecule has 366 valence electrons. The topological polar surface area (TPSA) is 172 Å². The summed E-state index contributed by atoms with van der Waals surface area (Å²) in [7, 11) is -4.74. The van der Waals surface area contributed by atoms with Crippen LogP contribution in [-0.2, 0) is 37.5 Å². The van der Waals surface area contributed by atoms with Crippen molar-refractivity contribution in [1.29, 1.82) is 0 Å². The molecule has 0 aliphatic rings. The van der Waals surface area contributed by atoms with Crippen LogP contribution >= 0.6 is 7.82 Å². The lowest BCUT2D eigenvalue weighted by Gasteiger charge is -2.20. The monoisotopic (exact) mass is 918 g/mol. The third-order valence-electron chi connectivity index (χ3n) is 10.1. The molecule has 0 bridgehead atoms. The molecule has 12 heteroatoms. The highest BCUT2D eigenvalue weighted by atomic mass is 31.2. The van der Waals surface area contributed by atoms with Gasteiger partial charge in [-0.3, -0.25) is 23.4 Å². The minimum atomic E-state index is -4.74. The van der Waals surface area contributed by atoms with Gasteiger partial charge in [0.1, 0.15) is 12.6 Å². The SMILES string of the molecule is CC/C=C/C/C=C/C/C=C/C/C=C/C/C=C/C/C=C/CCC(=O)OC[C@H](COP(=O)(O)OC[C@H](N)C(=O)O)OC(=O)CCCCCCCCCCCCC/C=C/CCCCCCCC. The molecule has 0 fully saturated rings. The van der Waals surface area contributed by atoms with E-state index in [1.54, 1.807) is 0 Å². The van der Waals surface area contributed by atoms with Crippen molar-refractivity contribution < 1.29 is 47.5 Å². The summed E-state index contributed by atoms with van der Waals surface area (Å²) in [5.74, 6) is -2.49. The van der Waals surface area contributed by atoms with Crippen molar-refractivity contribution in [3.8, 4) is 0 Å². The van der Waals surface area contributed by atoms with E-state index in [0.717, 1.165) is 57.8 Å². The molecule has 0 aromatic rings.